The maximum Gasteiger partial charge on any atom is 0.343 e. The van der Waals surface area contributed by atoms with Crippen molar-refractivity contribution < 1.29 is 23.4 Å². The SMILES string of the molecule is COC(Oc1cc(C(=O)Oc2ccccc2)ccc1F)c1ccccc1. The Morgan fingerprint density at radius 3 is 2.23 bits per heavy atom. The van der Waals surface area contributed by atoms with Crippen LogP contribution in [0, 0.1) is 5.82 Å². The van der Waals surface area contributed by atoms with Crippen LogP contribution in [0.5, 0.6) is 11.5 Å². The zero-order chi connectivity index (χ0) is 18.4. The van der Waals surface area contributed by atoms with Crippen LogP contribution in [0.1, 0.15) is 22.2 Å². The zero-order valence-corrected chi connectivity index (χ0v) is 14.1. The largest absolute Gasteiger partial charge is 0.458 e. The number of esters is 1. The van der Waals surface area contributed by atoms with Crippen molar-refractivity contribution in [2.75, 3.05) is 7.11 Å². The smallest absolute Gasteiger partial charge is 0.343 e. The van der Waals surface area contributed by atoms with Crippen LogP contribution in [0.2, 0.25) is 0 Å². The van der Waals surface area contributed by atoms with E-state index in [9.17, 15) is 9.18 Å². The van der Waals surface area contributed by atoms with Gasteiger partial charge in [0.25, 0.3) is 0 Å². The van der Waals surface area contributed by atoms with Gasteiger partial charge in [-0.05, 0) is 30.3 Å². The van der Waals surface area contributed by atoms with E-state index in [1.807, 2.05) is 24.3 Å². The van der Waals surface area contributed by atoms with Crippen LogP contribution < -0.4 is 9.47 Å². The Bertz CT molecular complexity index is 866. The fourth-order valence-corrected chi connectivity index (χ4v) is 2.35. The number of ether oxygens (including phenoxy) is 3. The summed E-state index contributed by atoms with van der Waals surface area (Å²) in [6.07, 6.45) is -0.800. The number of hydrogen-bond donors (Lipinski definition) is 0. The highest BCUT2D eigenvalue weighted by Gasteiger charge is 2.17. The number of rotatable bonds is 6. The summed E-state index contributed by atoms with van der Waals surface area (Å²) in [6.45, 7) is 0. The molecule has 0 N–H and O–H groups in total. The lowest BCUT2D eigenvalue weighted by Crippen LogP contribution is -2.12. The molecule has 1 atom stereocenters. The summed E-state index contributed by atoms with van der Waals surface area (Å²) in [4.78, 5) is 12.3. The standard InChI is InChI=1S/C21H17FO4/c1-24-21(15-8-4-2-5-9-15)26-19-14-16(12-13-18(19)22)20(23)25-17-10-6-3-7-11-17/h2-14,21H,1H3. The van der Waals surface area contributed by atoms with Crippen LogP contribution in [0.15, 0.2) is 78.9 Å². The minimum Gasteiger partial charge on any atom is -0.458 e. The van der Waals surface area contributed by atoms with Gasteiger partial charge in [-0.15, -0.1) is 0 Å². The topological polar surface area (TPSA) is 44.8 Å². The molecule has 0 radical (unpaired) electrons. The Morgan fingerprint density at radius 2 is 1.58 bits per heavy atom. The Labute approximate surface area is 150 Å². The van der Waals surface area contributed by atoms with E-state index in [4.69, 9.17) is 14.2 Å². The minimum absolute atomic E-state index is 0.0942. The molecule has 0 aliphatic rings. The molecule has 0 aliphatic carbocycles. The molecule has 0 spiro atoms. The van der Waals surface area contributed by atoms with Crippen LogP contribution in [-0.2, 0) is 4.74 Å². The van der Waals surface area contributed by atoms with Crippen molar-refractivity contribution in [1.82, 2.24) is 0 Å². The van der Waals surface area contributed by atoms with E-state index in [0.29, 0.717) is 5.75 Å². The van der Waals surface area contributed by atoms with Crippen molar-refractivity contribution in [3.8, 4) is 11.5 Å². The first-order chi connectivity index (χ1) is 12.7. The van der Waals surface area contributed by atoms with Crippen molar-refractivity contribution in [2.24, 2.45) is 0 Å². The minimum atomic E-state index is -0.800. The van der Waals surface area contributed by atoms with Crippen LogP contribution in [0.25, 0.3) is 0 Å². The van der Waals surface area contributed by atoms with Crippen molar-refractivity contribution in [3.05, 3.63) is 95.8 Å². The molecule has 0 amide bonds. The first-order valence-corrected chi connectivity index (χ1v) is 7.98. The van der Waals surface area contributed by atoms with Gasteiger partial charge in [-0.2, -0.15) is 0 Å². The zero-order valence-electron chi connectivity index (χ0n) is 14.1. The van der Waals surface area contributed by atoms with Crippen molar-refractivity contribution in [3.63, 3.8) is 0 Å². The summed E-state index contributed by atoms with van der Waals surface area (Å²) in [7, 11) is 1.46. The third kappa shape index (κ3) is 4.26. The summed E-state index contributed by atoms with van der Waals surface area (Å²) in [5.41, 5.74) is 0.903. The Morgan fingerprint density at radius 1 is 0.923 bits per heavy atom. The van der Waals surface area contributed by atoms with E-state index < -0.39 is 18.1 Å². The first kappa shape index (κ1) is 17.6. The lowest BCUT2D eigenvalue weighted by Gasteiger charge is -2.18. The lowest BCUT2D eigenvalue weighted by molar-refractivity contribution is -0.0583. The van der Waals surface area contributed by atoms with E-state index in [1.54, 1.807) is 36.4 Å². The van der Waals surface area contributed by atoms with E-state index in [2.05, 4.69) is 0 Å². The van der Waals surface area contributed by atoms with Crippen molar-refractivity contribution >= 4 is 5.97 Å². The quantitative estimate of drug-likeness (QED) is 0.364. The molecule has 0 bridgehead atoms. The van der Waals surface area contributed by atoms with Gasteiger partial charge in [0.1, 0.15) is 5.75 Å². The normalized spacial score (nSPS) is 11.6. The van der Waals surface area contributed by atoms with E-state index in [0.717, 1.165) is 11.6 Å². The Kier molecular flexibility index (Phi) is 5.61. The maximum atomic E-state index is 14.1. The van der Waals surface area contributed by atoms with E-state index >= 15 is 0 Å². The van der Waals surface area contributed by atoms with Gasteiger partial charge < -0.3 is 14.2 Å². The molecule has 3 aromatic rings. The molecule has 26 heavy (non-hydrogen) atoms. The highest BCUT2D eigenvalue weighted by molar-refractivity contribution is 5.91. The molecule has 0 fully saturated rings. The monoisotopic (exact) mass is 352 g/mol. The summed E-state index contributed by atoms with van der Waals surface area (Å²) < 4.78 is 30.3. The highest BCUT2D eigenvalue weighted by Crippen LogP contribution is 2.26. The molecule has 0 heterocycles. The molecule has 0 saturated heterocycles. The molecule has 0 saturated carbocycles. The molecule has 3 aromatic carbocycles. The summed E-state index contributed by atoms with van der Waals surface area (Å²) in [5.74, 6) is -0.888. The highest BCUT2D eigenvalue weighted by atomic mass is 19.1. The molecule has 1 unspecified atom stereocenters. The Balaban J connectivity index is 1.80. The fourth-order valence-electron chi connectivity index (χ4n) is 2.35. The number of carbonyl (C=O) groups is 1. The van der Waals surface area contributed by atoms with Crippen LogP contribution in [0.4, 0.5) is 4.39 Å². The maximum absolute atomic E-state index is 14.1. The molecule has 5 heteroatoms. The predicted molar refractivity (Wildman–Crippen MR) is 94.6 cm³/mol. The average molecular weight is 352 g/mol. The van der Waals surface area contributed by atoms with E-state index in [1.165, 1.54) is 19.2 Å². The van der Waals surface area contributed by atoms with Crippen LogP contribution in [0.3, 0.4) is 0 Å². The van der Waals surface area contributed by atoms with Gasteiger partial charge in [0, 0.05) is 12.7 Å². The lowest BCUT2D eigenvalue weighted by atomic mass is 10.2. The third-order valence-electron chi connectivity index (χ3n) is 3.64. The molecule has 132 valence electrons. The van der Waals surface area contributed by atoms with E-state index in [-0.39, 0.29) is 11.3 Å². The second-order valence-corrected chi connectivity index (χ2v) is 5.44. The molecular weight excluding hydrogens is 335 g/mol. The van der Waals surface area contributed by atoms with Gasteiger partial charge in [0.05, 0.1) is 5.56 Å². The third-order valence-corrected chi connectivity index (χ3v) is 3.64. The van der Waals surface area contributed by atoms with Crippen LogP contribution in [-0.4, -0.2) is 13.1 Å². The number of hydrogen-bond acceptors (Lipinski definition) is 4. The number of carbonyl (C=O) groups excluding carboxylic acids is 1. The predicted octanol–water partition coefficient (Wildman–Crippen LogP) is 4.77. The number of methoxy groups -OCH3 is 1. The van der Waals surface area contributed by atoms with Gasteiger partial charge in [-0.3, -0.25) is 0 Å². The molecule has 3 rings (SSSR count). The summed E-state index contributed by atoms with van der Waals surface area (Å²) >= 11 is 0. The second-order valence-electron chi connectivity index (χ2n) is 5.44. The molecular formula is C21H17FO4. The Hall–Kier alpha value is -3.18. The summed E-state index contributed by atoms with van der Waals surface area (Å²) in [6, 6.07) is 21.6. The van der Waals surface area contributed by atoms with Crippen molar-refractivity contribution in [2.45, 2.75) is 6.29 Å². The van der Waals surface area contributed by atoms with Crippen LogP contribution >= 0.6 is 0 Å². The van der Waals surface area contributed by atoms with Gasteiger partial charge in [0.15, 0.2) is 11.6 Å². The number of benzene rings is 3. The molecule has 4 nitrogen and oxygen atoms in total. The second kappa shape index (κ2) is 8.27. The van der Waals surface area contributed by atoms with Gasteiger partial charge in [0.2, 0.25) is 6.29 Å². The summed E-state index contributed by atoms with van der Waals surface area (Å²) in [5, 5.41) is 0. The fraction of sp³-hybridized carbons (Fsp3) is 0.0952. The van der Waals surface area contributed by atoms with Gasteiger partial charge in [-0.25, -0.2) is 9.18 Å². The first-order valence-electron chi connectivity index (χ1n) is 7.98. The number of halogens is 1. The molecule has 0 aliphatic heterocycles. The van der Waals surface area contributed by atoms with Gasteiger partial charge >= 0.3 is 5.97 Å². The van der Waals surface area contributed by atoms with Gasteiger partial charge in [-0.1, -0.05) is 48.5 Å². The average Bonchev–Trinajstić information content (AvgIpc) is 2.68. The number of para-hydroxylation sites is 1. The van der Waals surface area contributed by atoms with Crippen molar-refractivity contribution in [1.29, 1.82) is 0 Å². The molecule has 0 aromatic heterocycles.